The molecule has 1 aliphatic rings. The number of nitrogens with one attached hydrogen (secondary N) is 1. The number of urea groups is 1. The summed E-state index contributed by atoms with van der Waals surface area (Å²) in [6, 6.07) is 9.36. The van der Waals surface area contributed by atoms with Gasteiger partial charge in [-0.2, -0.15) is 0 Å². The van der Waals surface area contributed by atoms with E-state index >= 15 is 0 Å². The number of aromatic nitrogens is 1. The van der Waals surface area contributed by atoms with Crippen LogP contribution in [0.2, 0.25) is 0 Å². The Balaban J connectivity index is 1.76. The van der Waals surface area contributed by atoms with Gasteiger partial charge in [-0.1, -0.05) is 17.3 Å². The van der Waals surface area contributed by atoms with E-state index in [-0.39, 0.29) is 12.1 Å². The number of para-hydroxylation sites is 1. The van der Waals surface area contributed by atoms with Crippen molar-refractivity contribution in [2.75, 3.05) is 11.9 Å². The topological polar surface area (TPSA) is 58.4 Å². The second-order valence-corrected chi connectivity index (χ2v) is 5.98. The van der Waals surface area contributed by atoms with Gasteiger partial charge in [-0.15, -0.1) is 0 Å². The van der Waals surface area contributed by atoms with E-state index in [2.05, 4.69) is 26.4 Å². The highest BCUT2D eigenvalue weighted by Gasteiger charge is 2.32. The maximum atomic E-state index is 12.5. The van der Waals surface area contributed by atoms with Gasteiger partial charge >= 0.3 is 6.03 Å². The van der Waals surface area contributed by atoms with Gasteiger partial charge in [0.1, 0.15) is 11.5 Å². The predicted molar refractivity (Wildman–Crippen MR) is 83.1 cm³/mol. The Bertz CT molecular complexity index is 656. The number of benzene rings is 1. The van der Waals surface area contributed by atoms with Gasteiger partial charge < -0.3 is 14.7 Å². The molecule has 1 aliphatic heterocycles. The first-order valence-corrected chi connectivity index (χ1v) is 7.70. The number of nitrogens with zero attached hydrogens (tertiary/aromatic N) is 2. The Morgan fingerprint density at radius 1 is 1.48 bits per heavy atom. The third-order valence-electron chi connectivity index (χ3n) is 3.62. The molecular formula is C15H16BrN3O2. The van der Waals surface area contributed by atoms with Gasteiger partial charge in [0.15, 0.2) is 0 Å². The second kappa shape index (κ2) is 5.89. The van der Waals surface area contributed by atoms with Crippen LogP contribution in [0.3, 0.4) is 0 Å². The van der Waals surface area contributed by atoms with E-state index in [9.17, 15) is 4.79 Å². The first-order chi connectivity index (χ1) is 10.1. The van der Waals surface area contributed by atoms with Gasteiger partial charge in [0.2, 0.25) is 0 Å². The zero-order valence-corrected chi connectivity index (χ0v) is 13.3. The van der Waals surface area contributed by atoms with Gasteiger partial charge in [-0.25, -0.2) is 4.79 Å². The summed E-state index contributed by atoms with van der Waals surface area (Å²) in [5.74, 6) is 0.767. The summed E-state index contributed by atoms with van der Waals surface area (Å²) in [7, 11) is 0. The average molecular weight is 350 g/mol. The number of anilines is 1. The van der Waals surface area contributed by atoms with E-state index < -0.39 is 0 Å². The van der Waals surface area contributed by atoms with Crippen LogP contribution < -0.4 is 5.32 Å². The Labute approximate surface area is 131 Å². The zero-order chi connectivity index (χ0) is 14.8. The number of rotatable bonds is 2. The lowest BCUT2D eigenvalue weighted by Gasteiger charge is -2.23. The van der Waals surface area contributed by atoms with Gasteiger partial charge in [-0.05, 0) is 47.8 Å². The number of likely N-dealkylation sites (tertiary alicyclic amines) is 1. The Morgan fingerprint density at radius 2 is 2.29 bits per heavy atom. The fraction of sp³-hybridized carbons (Fsp3) is 0.333. The number of aryl methyl sites for hydroxylation is 1. The molecule has 0 unspecified atom stereocenters. The zero-order valence-electron chi connectivity index (χ0n) is 11.7. The van der Waals surface area contributed by atoms with Gasteiger partial charge in [0.25, 0.3) is 0 Å². The molecule has 1 aromatic carbocycles. The normalized spacial score (nSPS) is 18.0. The standard InChI is InChI=1S/C15H16BrN3O2/c1-10-9-13(18-21-10)14-7-4-8-19(14)15(20)17-12-6-3-2-5-11(12)16/h2-3,5-6,9,14H,4,7-8H2,1H3,(H,17,20)/t14-/m1/s1. The molecule has 110 valence electrons. The third-order valence-corrected chi connectivity index (χ3v) is 4.31. The Morgan fingerprint density at radius 3 is 3.00 bits per heavy atom. The molecule has 0 bridgehead atoms. The molecule has 0 spiro atoms. The number of carbonyl (C=O) groups is 1. The molecule has 1 atom stereocenters. The van der Waals surface area contributed by atoms with Crippen LogP contribution in [0.25, 0.3) is 0 Å². The van der Waals surface area contributed by atoms with E-state index in [1.54, 1.807) is 0 Å². The number of hydrogen-bond donors (Lipinski definition) is 1. The minimum absolute atomic E-state index is 0.00932. The van der Waals surface area contributed by atoms with Crippen molar-refractivity contribution in [2.45, 2.75) is 25.8 Å². The maximum absolute atomic E-state index is 12.5. The summed E-state index contributed by atoms with van der Waals surface area (Å²) in [4.78, 5) is 14.3. The molecule has 2 amide bonds. The van der Waals surface area contributed by atoms with Crippen LogP contribution >= 0.6 is 15.9 Å². The van der Waals surface area contributed by atoms with Crippen LogP contribution in [0.15, 0.2) is 39.3 Å². The van der Waals surface area contributed by atoms with E-state index in [1.165, 1.54) is 0 Å². The molecule has 5 nitrogen and oxygen atoms in total. The van der Waals surface area contributed by atoms with E-state index in [1.807, 2.05) is 42.2 Å². The first-order valence-electron chi connectivity index (χ1n) is 6.90. The molecule has 2 heterocycles. The molecular weight excluding hydrogens is 334 g/mol. The lowest BCUT2D eigenvalue weighted by atomic mass is 10.1. The number of hydrogen-bond acceptors (Lipinski definition) is 3. The lowest BCUT2D eigenvalue weighted by Crippen LogP contribution is -2.34. The van der Waals surface area contributed by atoms with E-state index in [0.29, 0.717) is 0 Å². The number of carbonyl (C=O) groups excluding carboxylic acids is 1. The van der Waals surface area contributed by atoms with Gasteiger partial charge in [-0.3, -0.25) is 0 Å². The third kappa shape index (κ3) is 2.95. The number of amides is 2. The summed E-state index contributed by atoms with van der Waals surface area (Å²) < 4.78 is 5.99. The highest BCUT2D eigenvalue weighted by molar-refractivity contribution is 9.10. The van der Waals surface area contributed by atoms with Crippen molar-refractivity contribution in [3.05, 3.63) is 46.3 Å². The summed E-state index contributed by atoms with van der Waals surface area (Å²) in [5, 5.41) is 6.99. The fourth-order valence-corrected chi connectivity index (χ4v) is 2.99. The maximum Gasteiger partial charge on any atom is 0.322 e. The van der Waals surface area contributed by atoms with E-state index in [0.717, 1.165) is 41.0 Å². The van der Waals surface area contributed by atoms with Crippen molar-refractivity contribution in [1.29, 1.82) is 0 Å². The van der Waals surface area contributed by atoms with Crippen molar-refractivity contribution >= 4 is 27.6 Å². The van der Waals surface area contributed by atoms with Crippen molar-refractivity contribution in [3.8, 4) is 0 Å². The van der Waals surface area contributed by atoms with Crippen molar-refractivity contribution in [1.82, 2.24) is 10.1 Å². The van der Waals surface area contributed by atoms with Gasteiger partial charge in [0.05, 0.1) is 11.7 Å². The second-order valence-electron chi connectivity index (χ2n) is 5.12. The monoisotopic (exact) mass is 349 g/mol. The molecule has 0 aliphatic carbocycles. The quantitative estimate of drug-likeness (QED) is 0.887. The van der Waals surface area contributed by atoms with Crippen LogP contribution in [0, 0.1) is 6.92 Å². The van der Waals surface area contributed by atoms with Crippen molar-refractivity contribution < 1.29 is 9.32 Å². The van der Waals surface area contributed by atoms with E-state index in [4.69, 9.17) is 4.52 Å². The van der Waals surface area contributed by atoms with Crippen LogP contribution in [-0.2, 0) is 0 Å². The molecule has 0 saturated carbocycles. The molecule has 0 radical (unpaired) electrons. The largest absolute Gasteiger partial charge is 0.361 e. The molecule has 6 heteroatoms. The molecule has 3 rings (SSSR count). The minimum Gasteiger partial charge on any atom is -0.361 e. The summed E-state index contributed by atoms with van der Waals surface area (Å²) >= 11 is 3.44. The minimum atomic E-state index is -0.106. The van der Waals surface area contributed by atoms with Gasteiger partial charge in [0, 0.05) is 17.1 Å². The lowest BCUT2D eigenvalue weighted by molar-refractivity contribution is 0.204. The van der Waals surface area contributed by atoms with Crippen LogP contribution in [0.4, 0.5) is 10.5 Å². The molecule has 1 aromatic heterocycles. The summed E-state index contributed by atoms with van der Waals surface area (Å²) in [6.45, 7) is 2.59. The van der Waals surface area contributed by atoms with Crippen LogP contribution in [-0.4, -0.2) is 22.6 Å². The Hall–Kier alpha value is -1.82. The first kappa shape index (κ1) is 14.1. The van der Waals surface area contributed by atoms with Crippen LogP contribution in [0.1, 0.15) is 30.3 Å². The van der Waals surface area contributed by atoms with Crippen molar-refractivity contribution in [3.63, 3.8) is 0 Å². The molecule has 1 saturated heterocycles. The smallest absolute Gasteiger partial charge is 0.322 e. The Kier molecular flexibility index (Phi) is 3.96. The summed E-state index contributed by atoms with van der Waals surface area (Å²) in [6.07, 6.45) is 1.88. The molecule has 1 fully saturated rings. The highest BCUT2D eigenvalue weighted by atomic mass is 79.9. The van der Waals surface area contributed by atoms with Crippen molar-refractivity contribution in [2.24, 2.45) is 0 Å². The summed E-state index contributed by atoms with van der Waals surface area (Å²) in [5.41, 5.74) is 1.59. The predicted octanol–water partition coefficient (Wildman–Crippen LogP) is 4.11. The molecule has 2 aromatic rings. The fourth-order valence-electron chi connectivity index (χ4n) is 2.61. The number of halogens is 1. The SMILES string of the molecule is Cc1cc([C@H]2CCCN2C(=O)Nc2ccccc2Br)no1. The van der Waals surface area contributed by atoms with Crippen LogP contribution in [0.5, 0.6) is 0 Å². The molecule has 1 N–H and O–H groups in total. The average Bonchev–Trinajstić information content (AvgIpc) is 3.09. The molecule has 21 heavy (non-hydrogen) atoms. The highest BCUT2D eigenvalue weighted by Crippen LogP contribution is 2.32.